The minimum Gasteiger partial charge on any atom is -0.295 e. The lowest BCUT2D eigenvalue weighted by Crippen LogP contribution is -2.02. The first-order valence-corrected chi connectivity index (χ1v) is 5.54. The molecule has 0 aliphatic carbocycles. The van der Waals surface area contributed by atoms with Gasteiger partial charge < -0.3 is 0 Å². The molecule has 0 saturated heterocycles. The van der Waals surface area contributed by atoms with Gasteiger partial charge in [0.1, 0.15) is 5.75 Å². The Bertz CT molecular complexity index is 430. The van der Waals surface area contributed by atoms with Crippen LogP contribution in [0.3, 0.4) is 0 Å². The second-order valence-corrected chi connectivity index (χ2v) is 4.43. The highest BCUT2D eigenvalue weighted by Gasteiger charge is 2.06. The zero-order valence-electron chi connectivity index (χ0n) is 7.60. The van der Waals surface area contributed by atoms with Crippen molar-refractivity contribution in [3.8, 4) is 0 Å². The molecule has 0 amide bonds. The maximum Gasteiger partial charge on any atom is 0.269 e. The lowest BCUT2D eigenvalue weighted by molar-refractivity contribution is 0.101. The third-order valence-electron chi connectivity index (χ3n) is 1.71. The average molecular weight is 214 g/mol. The van der Waals surface area contributed by atoms with E-state index in [2.05, 4.69) is 0 Å². The van der Waals surface area contributed by atoms with Crippen molar-refractivity contribution >= 4 is 15.9 Å². The van der Waals surface area contributed by atoms with E-state index >= 15 is 0 Å². The second kappa shape index (κ2) is 3.89. The number of benzene rings is 1. The molecule has 0 radical (unpaired) electrons. The van der Waals surface area contributed by atoms with Gasteiger partial charge in [0.05, 0.1) is 0 Å². The SMILES string of the molecule is CC(=O)c1ccc(CS(=O)(=O)O)cc1. The van der Waals surface area contributed by atoms with Gasteiger partial charge in [-0.1, -0.05) is 24.3 Å². The molecule has 0 atom stereocenters. The van der Waals surface area contributed by atoms with Crippen LogP contribution in [0.4, 0.5) is 0 Å². The normalized spacial score (nSPS) is 11.3. The van der Waals surface area contributed by atoms with Crippen LogP contribution in [-0.4, -0.2) is 18.8 Å². The molecule has 14 heavy (non-hydrogen) atoms. The van der Waals surface area contributed by atoms with Crippen LogP contribution >= 0.6 is 0 Å². The molecular weight excluding hydrogens is 204 g/mol. The van der Waals surface area contributed by atoms with E-state index in [9.17, 15) is 13.2 Å². The van der Waals surface area contributed by atoms with Gasteiger partial charge in [-0.25, -0.2) is 0 Å². The molecule has 1 N–H and O–H groups in total. The number of hydrogen-bond acceptors (Lipinski definition) is 3. The summed E-state index contributed by atoms with van der Waals surface area (Å²) in [7, 11) is -4.00. The first-order valence-electron chi connectivity index (χ1n) is 3.93. The maximum atomic E-state index is 10.9. The Labute approximate surface area is 82.3 Å². The van der Waals surface area contributed by atoms with Gasteiger partial charge >= 0.3 is 0 Å². The molecule has 4 nitrogen and oxygen atoms in total. The Balaban J connectivity index is 2.90. The fourth-order valence-electron chi connectivity index (χ4n) is 1.05. The van der Waals surface area contributed by atoms with Crippen molar-refractivity contribution in [1.82, 2.24) is 0 Å². The van der Waals surface area contributed by atoms with Gasteiger partial charge in [0.15, 0.2) is 5.78 Å². The molecule has 0 unspecified atom stereocenters. The number of Topliss-reactive ketones (excluding diaryl/α,β-unsaturated/α-hetero) is 1. The number of rotatable bonds is 3. The van der Waals surface area contributed by atoms with Crippen molar-refractivity contribution in [1.29, 1.82) is 0 Å². The van der Waals surface area contributed by atoms with E-state index in [0.717, 1.165) is 0 Å². The molecule has 0 saturated carbocycles. The number of carbonyl (C=O) groups excluding carboxylic acids is 1. The zero-order valence-corrected chi connectivity index (χ0v) is 8.41. The van der Waals surface area contributed by atoms with Crippen molar-refractivity contribution in [2.24, 2.45) is 0 Å². The standard InChI is InChI=1S/C9H10O4S/c1-7(10)9-4-2-8(3-5-9)6-14(11,12)13/h2-5H,6H2,1H3,(H,11,12,13). The summed E-state index contributed by atoms with van der Waals surface area (Å²) < 4.78 is 29.6. The van der Waals surface area contributed by atoms with Gasteiger partial charge in [0.25, 0.3) is 10.1 Å². The summed E-state index contributed by atoms with van der Waals surface area (Å²) in [5.74, 6) is -0.506. The minimum atomic E-state index is -4.00. The molecule has 76 valence electrons. The van der Waals surface area contributed by atoms with Crippen LogP contribution < -0.4 is 0 Å². The van der Waals surface area contributed by atoms with Gasteiger partial charge in [-0.15, -0.1) is 0 Å². The Morgan fingerprint density at radius 1 is 1.29 bits per heavy atom. The van der Waals surface area contributed by atoms with E-state index in [1.807, 2.05) is 0 Å². The van der Waals surface area contributed by atoms with E-state index in [4.69, 9.17) is 4.55 Å². The van der Waals surface area contributed by atoms with E-state index in [0.29, 0.717) is 11.1 Å². The van der Waals surface area contributed by atoms with Crippen LogP contribution in [0, 0.1) is 0 Å². The van der Waals surface area contributed by atoms with Crippen molar-refractivity contribution in [2.75, 3.05) is 0 Å². The Morgan fingerprint density at radius 3 is 2.14 bits per heavy atom. The third-order valence-corrected chi connectivity index (χ3v) is 2.41. The highest BCUT2D eigenvalue weighted by molar-refractivity contribution is 7.85. The predicted octanol–water partition coefficient (Wildman–Crippen LogP) is 1.28. The molecule has 0 spiro atoms. The van der Waals surface area contributed by atoms with E-state index < -0.39 is 15.9 Å². The van der Waals surface area contributed by atoms with E-state index in [-0.39, 0.29) is 5.78 Å². The van der Waals surface area contributed by atoms with Gasteiger partial charge in [-0.05, 0) is 12.5 Å². The Morgan fingerprint density at radius 2 is 1.79 bits per heavy atom. The lowest BCUT2D eigenvalue weighted by Gasteiger charge is -1.99. The molecule has 1 rings (SSSR count). The van der Waals surface area contributed by atoms with Crippen LogP contribution in [0.15, 0.2) is 24.3 Å². The van der Waals surface area contributed by atoms with Crippen molar-refractivity contribution in [2.45, 2.75) is 12.7 Å². The molecule has 0 fully saturated rings. The van der Waals surface area contributed by atoms with Crippen LogP contribution in [-0.2, 0) is 15.9 Å². The topological polar surface area (TPSA) is 71.4 Å². The van der Waals surface area contributed by atoms with E-state index in [1.165, 1.54) is 31.2 Å². The molecule has 5 heteroatoms. The molecular formula is C9H10O4S. The summed E-state index contributed by atoms with van der Waals surface area (Å²) in [5, 5.41) is 0. The number of carbonyl (C=O) groups is 1. The molecule has 0 aliphatic heterocycles. The predicted molar refractivity (Wildman–Crippen MR) is 51.7 cm³/mol. The van der Waals surface area contributed by atoms with Gasteiger partial charge in [-0.2, -0.15) is 8.42 Å². The number of ketones is 1. The number of hydrogen-bond donors (Lipinski definition) is 1. The van der Waals surface area contributed by atoms with Crippen LogP contribution in [0.2, 0.25) is 0 Å². The summed E-state index contributed by atoms with van der Waals surface area (Å²) in [5.41, 5.74) is 0.974. The largest absolute Gasteiger partial charge is 0.295 e. The molecule has 1 aromatic rings. The first-order chi connectivity index (χ1) is 6.38. The summed E-state index contributed by atoms with van der Waals surface area (Å²) >= 11 is 0. The van der Waals surface area contributed by atoms with Crippen molar-refractivity contribution in [3.63, 3.8) is 0 Å². The Kier molecular flexibility index (Phi) is 3.03. The highest BCUT2D eigenvalue weighted by atomic mass is 32.2. The van der Waals surface area contributed by atoms with Crippen molar-refractivity contribution < 1.29 is 17.8 Å². The van der Waals surface area contributed by atoms with Crippen molar-refractivity contribution in [3.05, 3.63) is 35.4 Å². The first kappa shape index (κ1) is 10.9. The Hall–Kier alpha value is -1.20. The monoisotopic (exact) mass is 214 g/mol. The van der Waals surface area contributed by atoms with Gasteiger partial charge in [0.2, 0.25) is 0 Å². The van der Waals surface area contributed by atoms with Crippen LogP contribution in [0.1, 0.15) is 22.8 Å². The molecule has 0 aromatic heterocycles. The highest BCUT2D eigenvalue weighted by Crippen LogP contribution is 2.07. The maximum absolute atomic E-state index is 10.9. The second-order valence-electron chi connectivity index (χ2n) is 2.98. The van der Waals surface area contributed by atoms with Crippen LogP contribution in [0.25, 0.3) is 0 Å². The van der Waals surface area contributed by atoms with Crippen LogP contribution in [0.5, 0.6) is 0 Å². The molecule has 1 aromatic carbocycles. The zero-order chi connectivity index (χ0) is 10.8. The molecule has 0 aliphatic rings. The fourth-order valence-corrected chi connectivity index (χ4v) is 1.66. The minimum absolute atomic E-state index is 0.0802. The molecule has 0 bridgehead atoms. The van der Waals surface area contributed by atoms with Gasteiger partial charge in [0, 0.05) is 5.56 Å². The lowest BCUT2D eigenvalue weighted by atomic mass is 10.1. The molecule has 0 heterocycles. The summed E-state index contributed by atoms with van der Waals surface area (Å²) in [6, 6.07) is 6.07. The smallest absolute Gasteiger partial charge is 0.269 e. The average Bonchev–Trinajstić information content (AvgIpc) is 2.02. The third kappa shape index (κ3) is 3.27. The van der Waals surface area contributed by atoms with Gasteiger partial charge in [-0.3, -0.25) is 9.35 Å². The summed E-state index contributed by atoms with van der Waals surface area (Å²) in [6.07, 6.45) is 0. The fraction of sp³-hybridized carbons (Fsp3) is 0.222. The quantitative estimate of drug-likeness (QED) is 0.607. The summed E-state index contributed by atoms with van der Waals surface area (Å²) in [6.45, 7) is 1.43. The van der Waals surface area contributed by atoms with E-state index in [1.54, 1.807) is 0 Å². The summed E-state index contributed by atoms with van der Waals surface area (Å²) in [4.78, 5) is 10.9.